The Hall–Kier alpha value is -0.830. The minimum absolute atomic E-state index is 0.310. The summed E-state index contributed by atoms with van der Waals surface area (Å²) in [7, 11) is 0. The van der Waals surface area contributed by atoms with Gasteiger partial charge in [0, 0.05) is 11.5 Å². The highest BCUT2D eigenvalue weighted by Crippen LogP contribution is 2.20. The van der Waals surface area contributed by atoms with Crippen LogP contribution in [0.3, 0.4) is 0 Å². The molecule has 0 saturated carbocycles. The second-order valence-electron chi connectivity index (χ2n) is 5.20. The largest absolute Gasteiger partial charge is 0.432 e. The summed E-state index contributed by atoms with van der Waals surface area (Å²) in [6.45, 7) is 11.3. The van der Waals surface area contributed by atoms with Gasteiger partial charge in [-0.05, 0) is 12.8 Å². The maximum Gasteiger partial charge on any atom is 0.333 e. The number of carbonyl (C=O) groups excluding carboxylic acids is 1. The van der Waals surface area contributed by atoms with Gasteiger partial charge in [-0.1, -0.05) is 40.2 Å². The highest BCUT2D eigenvalue weighted by Gasteiger charge is 2.25. The molecule has 0 spiro atoms. The lowest BCUT2D eigenvalue weighted by molar-refractivity contribution is -0.180. The highest BCUT2D eigenvalue weighted by atomic mass is 16.6. The molecule has 15 heavy (non-hydrogen) atoms. The first-order valence-electron chi connectivity index (χ1n) is 5.21. The van der Waals surface area contributed by atoms with Crippen molar-refractivity contribution >= 4 is 5.97 Å². The molecule has 0 aliphatic carbocycles. The number of carbonyl (C=O) groups is 1. The standard InChI is InChI=1S/C12H22O3/c1-8(2)9(3)7-10(13)15-11(14)12(4,5)6/h7-8,11,14H,1-6H3. The summed E-state index contributed by atoms with van der Waals surface area (Å²) < 4.78 is 4.88. The van der Waals surface area contributed by atoms with Crippen molar-refractivity contribution in [3.05, 3.63) is 11.6 Å². The van der Waals surface area contributed by atoms with Crippen LogP contribution < -0.4 is 0 Å². The number of rotatable bonds is 3. The van der Waals surface area contributed by atoms with Crippen LogP contribution in [-0.4, -0.2) is 17.4 Å². The Morgan fingerprint density at radius 2 is 1.80 bits per heavy atom. The molecule has 1 N–H and O–H groups in total. The van der Waals surface area contributed by atoms with Crippen molar-refractivity contribution in [2.45, 2.75) is 47.8 Å². The van der Waals surface area contributed by atoms with Crippen molar-refractivity contribution in [3.63, 3.8) is 0 Å². The molecule has 0 aliphatic rings. The molecular weight excluding hydrogens is 192 g/mol. The van der Waals surface area contributed by atoms with Gasteiger partial charge >= 0.3 is 5.97 Å². The average Bonchev–Trinajstić information content (AvgIpc) is 2.01. The van der Waals surface area contributed by atoms with Crippen molar-refractivity contribution in [2.75, 3.05) is 0 Å². The van der Waals surface area contributed by atoms with Crippen molar-refractivity contribution in [1.29, 1.82) is 0 Å². The summed E-state index contributed by atoms with van der Waals surface area (Å²) in [4.78, 5) is 11.4. The van der Waals surface area contributed by atoms with Crippen LogP contribution in [0.4, 0.5) is 0 Å². The van der Waals surface area contributed by atoms with E-state index in [2.05, 4.69) is 0 Å². The molecular formula is C12H22O3. The molecule has 0 rings (SSSR count). The third kappa shape index (κ3) is 5.57. The molecule has 0 heterocycles. The van der Waals surface area contributed by atoms with E-state index in [4.69, 9.17) is 4.74 Å². The summed E-state index contributed by atoms with van der Waals surface area (Å²) in [6, 6.07) is 0. The number of hydrogen-bond acceptors (Lipinski definition) is 3. The van der Waals surface area contributed by atoms with E-state index >= 15 is 0 Å². The molecule has 0 aromatic heterocycles. The van der Waals surface area contributed by atoms with Gasteiger partial charge in [0.05, 0.1) is 0 Å². The molecule has 1 atom stereocenters. The lowest BCUT2D eigenvalue weighted by Crippen LogP contribution is -2.30. The van der Waals surface area contributed by atoms with Gasteiger partial charge in [0.1, 0.15) is 0 Å². The topological polar surface area (TPSA) is 46.5 Å². The number of allylic oxidation sites excluding steroid dienone is 1. The summed E-state index contributed by atoms with van der Waals surface area (Å²) in [5.74, 6) is -0.173. The van der Waals surface area contributed by atoms with Gasteiger partial charge in [0.15, 0.2) is 0 Å². The van der Waals surface area contributed by atoms with E-state index in [1.807, 2.05) is 41.5 Å². The highest BCUT2D eigenvalue weighted by molar-refractivity contribution is 5.82. The van der Waals surface area contributed by atoms with Crippen LogP contribution in [0, 0.1) is 11.3 Å². The number of hydrogen-bond donors (Lipinski definition) is 1. The van der Waals surface area contributed by atoms with Gasteiger partial charge in [0.2, 0.25) is 6.29 Å². The second-order valence-corrected chi connectivity index (χ2v) is 5.20. The van der Waals surface area contributed by atoms with Crippen LogP contribution >= 0.6 is 0 Å². The van der Waals surface area contributed by atoms with Crippen LogP contribution in [0.1, 0.15) is 41.5 Å². The summed E-state index contributed by atoms with van der Waals surface area (Å²) in [6.07, 6.45) is 0.362. The van der Waals surface area contributed by atoms with Crippen LogP contribution in [0.2, 0.25) is 0 Å². The van der Waals surface area contributed by atoms with Crippen molar-refractivity contribution in [3.8, 4) is 0 Å². The lowest BCUT2D eigenvalue weighted by atomic mass is 9.96. The Morgan fingerprint density at radius 3 is 2.13 bits per heavy atom. The number of esters is 1. The van der Waals surface area contributed by atoms with Gasteiger partial charge in [-0.2, -0.15) is 0 Å². The third-order valence-electron chi connectivity index (χ3n) is 2.22. The van der Waals surface area contributed by atoms with E-state index in [1.165, 1.54) is 6.08 Å². The second kappa shape index (κ2) is 5.31. The number of ether oxygens (including phenoxy) is 1. The Morgan fingerprint density at radius 1 is 1.33 bits per heavy atom. The lowest BCUT2D eigenvalue weighted by Gasteiger charge is -2.24. The van der Waals surface area contributed by atoms with Crippen LogP contribution in [0.15, 0.2) is 11.6 Å². The van der Waals surface area contributed by atoms with E-state index in [0.717, 1.165) is 5.57 Å². The fraction of sp³-hybridized carbons (Fsp3) is 0.750. The molecule has 0 aromatic carbocycles. The molecule has 0 amide bonds. The van der Waals surface area contributed by atoms with Gasteiger partial charge in [-0.25, -0.2) is 4.79 Å². The minimum Gasteiger partial charge on any atom is -0.432 e. The monoisotopic (exact) mass is 214 g/mol. The Bertz CT molecular complexity index is 246. The smallest absolute Gasteiger partial charge is 0.333 e. The van der Waals surface area contributed by atoms with Gasteiger partial charge in [-0.3, -0.25) is 0 Å². The molecule has 3 nitrogen and oxygen atoms in total. The maximum absolute atomic E-state index is 11.4. The first-order valence-corrected chi connectivity index (χ1v) is 5.21. The predicted molar refractivity (Wildman–Crippen MR) is 60.1 cm³/mol. The quantitative estimate of drug-likeness (QED) is 0.446. The fourth-order valence-electron chi connectivity index (χ4n) is 0.673. The molecule has 0 aliphatic heterocycles. The van der Waals surface area contributed by atoms with Crippen molar-refractivity contribution in [1.82, 2.24) is 0 Å². The van der Waals surface area contributed by atoms with Crippen molar-refractivity contribution in [2.24, 2.45) is 11.3 Å². The van der Waals surface area contributed by atoms with Crippen molar-refractivity contribution < 1.29 is 14.6 Å². The van der Waals surface area contributed by atoms with Crippen LogP contribution in [0.5, 0.6) is 0 Å². The summed E-state index contributed by atoms with van der Waals surface area (Å²) in [5.41, 5.74) is 0.496. The van der Waals surface area contributed by atoms with Gasteiger partial charge < -0.3 is 9.84 Å². The Kier molecular flexibility index (Phi) is 5.01. The summed E-state index contributed by atoms with van der Waals surface area (Å²) >= 11 is 0. The van der Waals surface area contributed by atoms with E-state index < -0.39 is 17.7 Å². The summed E-state index contributed by atoms with van der Waals surface area (Å²) in [5, 5.41) is 9.54. The molecule has 1 unspecified atom stereocenters. The van der Waals surface area contributed by atoms with Crippen LogP contribution in [-0.2, 0) is 9.53 Å². The molecule has 0 fully saturated rings. The SMILES string of the molecule is CC(=CC(=O)OC(O)C(C)(C)C)C(C)C. The molecule has 0 radical (unpaired) electrons. The predicted octanol–water partition coefficient (Wildman–Crippen LogP) is 2.50. The molecule has 0 bridgehead atoms. The number of aliphatic hydroxyl groups is 1. The minimum atomic E-state index is -1.07. The first-order chi connectivity index (χ1) is 6.64. The Labute approximate surface area is 92.1 Å². The van der Waals surface area contributed by atoms with Gasteiger partial charge in [0.25, 0.3) is 0 Å². The zero-order valence-electron chi connectivity index (χ0n) is 10.5. The van der Waals surface area contributed by atoms with Crippen LogP contribution in [0.25, 0.3) is 0 Å². The first kappa shape index (κ1) is 14.2. The van der Waals surface area contributed by atoms with E-state index in [0.29, 0.717) is 5.92 Å². The van der Waals surface area contributed by atoms with Gasteiger partial charge in [-0.15, -0.1) is 0 Å². The zero-order valence-corrected chi connectivity index (χ0v) is 10.5. The molecule has 0 aromatic rings. The van der Waals surface area contributed by atoms with E-state index in [1.54, 1.807) is 0 Å². The third-order valence-corrected chi connectivity index (χ3v) is 2.22. The maximum atomic E-state index is 11.4. The molecule has 0 saturated heterocycles. The Balaban J connectivity index is 4.34. The number of aliphatic hydroxyl groups excluding tert-OH is 1. The fourth-order valence-corrected chi connectivity index (χ4v) is 0.673. The molecule has 88 valence electrons. The zero-order chi connectivity index (χ0) is 12.2. The van der Waals surface area contributed by atoms with E-state index in [9.17, 15) is 9.90 Å². The normalized spacial score (nSPS) is 15.3. The average molecular weight is 214 g/mol. The van der Waals surface area contributed by atoms with E-state index in [-0.39, 0.29) is 0 Å². The molecule has 3 heteroatoms.